The van der Waals surface area contributed by atoms with Gasteiger partial charge in [-0.25, -0.2) is 4.98 Å². The lowest BCUT2D eigenvalue weighted by atomic mass is 9.94. The van der Waals surface area contributed by atoms with Gasteiger partial charge in [-0.1, -0.05) is 0 Å². The molecule has 5 nitrogen and oxygen atoms in total. The minimum Gasteiger partial charge on any atom is -0.474 e. The Kier molecular flexibility index (Phi) is 5.50. The summed E-state index contributed by atoms with van der Waals surface area (Å²) in [5.74, 6) is 0.0186. The quantitative estimate of drug-likeness (QED) is 0.863. The monoisotopic (exact) mass is 359 g/mol. The number of hydrogen-bond donors (Lipinski definition) is 2. The van der Waals surface area contributed by atoms with Crippen molar-refractivity contribution in [3.63, 3.8) is 0 Å². The number of rotatable bonds is 4. The molecule has 1 aromatic heterocycles. The molecule has 1 saturated carbocycles. The van der Waals surface area contributed by atoms with Crippen LogP contribution in [0.2, 0.25) is 0 Å². The largest absolute Gasteiger partial charge is 0.474 e. The van der Waals surface area contributed by atoms with E-state index in [1.165, 1.54) is 0 Å². The van der Waals surface area contributed by atoms with Crippen molar-refractivity contribution in [1.29, 1.82) is 0 Å². The first-order valence-electron chi connectivity index (χ1n) is 8.70. The molecule has 0 amide bonds. The van der Waals surface area contributed by atoms with Gasteiger partial charge in [-0.15, -0.1) is 0 Å². The van der Waals surface area contributed by atoms with Crippen molar-refractivity contribution in [2.75, 3.05) is 13.1 Å². The van der Waals surface area contributed by atoms with Crippen LogP contribution < -0.4 is 10.5 Å². The molecule has 2 fully saturated rings. The van der Waals surface area contributed by atoms with Crippen LogP contribution in [0.3, 0.4) is 0 Å². The highest BCUT2D eigenvalue weighted by atomic mass is 19.4. The summed E-state index contributed by atoms with van der Waals surface area (Å²) in [5, 5.41) is 9.58. The van der Waals surface area contributed by atoms with E-state index in [-0.39, 0.29) is 18.0 Å². The van der Waals surface area contributed by atoms with Crippen LogP contribution in [0.5, 0.6) is 5.88 Å². The van der Waals surface area contributed by atoms with Gasteiger partial charge in [0.1, 0.15) is 11.8 Å². The van der Waals surface area contributed by atoms with Crippen LogP contribution in [-0.4, -0.2) is 46.3 Å². The van der Waals surface area contributed by atoms with Crippen molar-refractivity contribution in [1.82, 2.24) is 9.88 Å². The van der Waals surface area contributed by atoms with Crippen molar-refractivity contribution in [2.24, 2.45) is 5.73 Å². The Balaban J connectivity index is 1.75. The summed E-state index contributed by atoms with van der Waals surface area (Å²) in [6.07, 6.45) is -1.36. The topological polar surface area (TPSA) is 71.6 Å². The first kappa shape index (κ1) is 18.4. The molecule has 3 N–H and O–H groups in total. The van der Waals surface area contributed by atoms with E-state index in [0.717, 1.165) is 31.7 Å². The summed E-state index contributed by atoms with van der Waals surface area (Å²) < 4.78 is 45.2. The van der Waals surface area contributed by atoms with Gasteiger partial charge in [-0.3, -0.25) is 4.90 Å². The molecule has 25 heavy (non-hydrogen) atoms. The van der Waals surface area contributed by atoms with Gasteiger partial charge >= 0.3 is 6.18 Å². The Morgan fingerprint density at radius 1 is 1.20 bits per heavy atom. The van der Waals surface area contributed by atoms with Crippen molar-refractivity contribution >= 4 is 0 Å². The number of likely N-dealkylation sites (tertiary alicyclic amines) is 1. The number of ether oxygens (including phenoxy) is 1. The number of nitrogens with two attached hydrogens (primary N) is 1. The van der Waals surface area contributed by atoms with Crippen molar-refractivity contribution in [2.45, 2.75) is 63.1 Å². The van der Waals surface area contributed by atoms with Crippen LogP contribution in [0.4, 0.5) is 13.2 Å². The summed E-state index contributed by atoms with van der Waals surface area (Å²) in [4.78, 5) is 5.60. The summed E-state index contributed by atoms with van der Waals surface area (Å²) in [7, 11) is 0. The molecule has 1 saturated heterocycles. The lowest BCUT2D eigenvalue weighted by Crippen LogP contribution is -2.32. The van der Waals surface area contributed by atoms with E-state index < -0.39 is 18.0 Å². The molecule has 1 aromatic rings. The Morgan fingerprint density at radius 2 is 1.92 bits per heavy atom. The predicted octanol–water partition coefficient (Wildman–Crippen LogP) is 2.32. The second kappa shape index (κ2) is 7.47. The number of aliphatic hydroxyl groups excluding tert-OH is 1. The highest BCUT2D eigenvalue weighted by Crippen LogP contribution is 2.31. The summed E-state index contributed by atoms with van der Waals surface area (Å²) in [6.45, 7) is 1.48. The van der Waals surface area contributed by atoms with Crippen molar-refractivity contribution < 1.29 is 23.0 Å². The van der Waals surface area contributed by atoms with Crippen LogP contribution in [-0.2, 0) is 12.7 Å². The van der Waals surface area contributed by atoms with E-state index in [2.05, 4.69) is 4.98 Å². The van der Waals surface area contributed by atoms with E-state index in [0.29, 0.717) is 31.6 Å². The molecule has 1 aliphatic heterocycles. The Hall–Kier alpha value is -1.38. The van der Waals surface area contributed by atoms with Gasteiger partial charge in [0.2, 0.25) is 5.88 Å². The third-order valence-electron chi connectivity index (χ3n) is 4.81. The second-order valence-electron chi connectivity index (χ2n) is 7.03. The van der Waals surface area contributed by atoms with Gasteiger partial charge in [0.05, 0.1) is 6.10 Å². The number of β-amino-alcohol motifs (C(OH)–C–C–N with tert-alkyl or cyclic N) is 1. The summed E-state index contributed by atoms with van der Waals surface area (Å²) in [5.41, 5.74) is 5.41. The van der Waals surface area contributed by atoms with E-state index in [4.69, 9.17) is 10.5 Å². The number of alkyl halides is 3. The Morgan fingerprint density at radius 3 is 2.52 bits per heavy atom. The highest BCUT2D eigenvalue weighted by molar-refractivity contribution is 5.27. The van der Waals surface area contributed by atoms with Crippen LogP contribution in [0.1, 0.15) is 43.4 Å². The average molecular weight is 359 g/mol. The van der Waals surface area contributed by atoms with E-state index >= 15 is 0 Å². The maximum absolute atomic E-state index is 13.2. The first-order chi connectivity index (χ1) is 11.8. The Labute approximate surface area is 145 Å². The molecule has 0 spiro atoms. The lowest BCUT2D eigenvalue weighted by molar-refractivity contribution is -0.141. The summed E-state index contributed by atoms with van der Waals surface area (Å²) >= 11 is 0. The maximum Gasteiger partial charge on any atom is 0.433 e. The number of aliphatic hydroxyl groups is 1. The molecule has 2 aliphatic rings. The third-order valence-corrected chi connectivity index (χ3v) is 4.81. The maximum atomic E-state index is 13.2. The fourth-order valence-electron chi connectivity index (χ4n) is 3.45. The molecule has 8 heteroatoms. The van der Waals surface area contributed by atoms with Gasteiger partial charge < -0.3 is 15.6 Å². The number of hydrogen-bond acceptors (Lipinski definition) is 5. The van der Waals surface area contributed by atoms with Crippen molar-refractivity contribution in [3.8, 4) is 5.88 Å². The zero-order valence-electron chi connectivity index (χ0n) is 14.0. The molecule has 3 rings (SSSR count). The van der Waals surface area contributed by atoms with Gasteiger partial charge in [0.25, 0.3) is 0 Å². The number of aromatic nitrogens is 1. The van der Waals surface area contributed by atoms with Gasteiger partial charge in [-0.05, 0) is 43.7 Å². The van der Waals surface area contributed by atoms with Crippen LogP contribution in [0.15, 0.2) is 12.1 Å². The van der Waals surface area contributed by atoms with E-state index in [1.54, 1.807) is 6.07 Å². The van der Waals surface area contributed by atoms with Gasteiger partial charge in [0.15, 0.2) is 0 Å². The predicted molar refractivity (Wildman–Crippen MR) is 86.0 cm³/mol. The van der Waals surface area contributed by atoms with Gasteiger partial charge in [-0.2, -0.15) is 13.2 Å². The average Bonchev–Trinajstić information content (AvgIpc) is 2.93. The first-order valence-corrected chi connectivity index (χ1v) is 8.70. The zero-order chi connectivity index (χ0) is 18.0. The van der Waals surface area contributed by atoms with Gasteiger partial charge in [0, 0.05) is 31.7 Å². The van der Waals surface area contributed by atoms with Crippen LogP contribution in [0, 0.1) is 0 Å². The number of halogens is 3. The second-order valence-corrected chi connectivity index (χ2v) is 7.03. The molecule has 0 aromatic carbocycles. The molecule has 1 aliphatic carbocycles. The summed E-state index contributed by atoms with van der Waals surface area (Å²) in [6, 6.07) is 2.79. The lowest BCUT2D eigenvalue weighted by Gasteiger charge is -2.27. The highest BCUT2D eigenvalue weighted by Gasteiger charge is 2.34. The minimum absolute atomic E-state index is 0.0186. The molecule has 2 heterocycles. The molecular weight excluding hydrogens is 335 g/mol. The number of pyridine rings is 1. The third kappa shape index (κ3) is 5.05. The smallest absolute Gasteiger partial charge is 0.433 e. The normalized spacial score (nSPS) is 28.3. The Bertz CT molecular complexity index is 589. The number of nitrogens with zero attached hydrogens (tertiary/aromatic N) is 2. The standard InChI is InChI=1S/C17H24F3N3O2/c18-17(19,20)15-7-11(9-23-6-5-13(24)10-23)8-16(22-15)25-14-3-1-12(21)2-4-14/h7-8,12-14,24H,1-6,9-10,21H2/t12?,13-,14?/m1/s1. The fraction of sp³-hybridized carbons (Fsp3) is 0.706. The SMILES string of the molecule is NC1CCC(Oc2cc(CN3CC[C@@H](O)C3)cc(C(F)(F)F)n2)CC1. The molecular formula is C17H24F3N3O2. The molecule has 1 atom stereocenters. The minimum atomic E-state index is -4.52. The van der Waals surface area contributed by atoms with Crippen molar-refractivity contribution in [3.05, 3.63) is 23.4 Å². The zero-order valence-corrected chi connectivity index (χ0v) is 14.0. The van der Waals surface area contributed by atoms with E-state index in [9.17, 15) is 18.3 Å². The molecule has 0 bridgehead atoms. The fourth-order valence-corrected chi connectivity index (χ4v) is 3.45. The molecule has 0 unspecified atom stereocenters. The molecule has 0 radical (unpaired) electrons. The van der Waals surface area contributed by atoms with Crippen LogP contribution >= 0.6 is 0 Å². The van der Waals surface area contributed by atoms with Crippen LogP contribution in [0.25, 0.3) is 0 Å². The van der Waals surface area contributed by atoms with E-state index in [1.807, 2.05) is 4.90 Å². The molecule has 140 valence electrons.